The number of carbonyl (C=O) groups is 1. The van der Waals surface area contributed by atoms with E-state index >= 15 is 0 Å². The Kier molecular flexibility index (Phi) is 4.33. The number of rotatable bonds is 4. The fourth-order valence-electron chi connectivity index (χ4n) is 2.31. The number of hydrogen-bond donors (Lipinski definition) is 2. The Morgan fingerprint density at radius 1 is 1.29 bits per heavy atom. The minimum Gasteiger partial charge on any atom is -0.354 e. The molecule has 2 heterocycles. The summed E-state index contributed by atoms with van der Waals surface area (Å²) in [5.74, 6) is -0.316. The van der Waals surface area contributed by atoms with E-state index in [2.05, 4.69) is 10.2 Å². The van der Waals surface area contributed by atoms with Gasteiger partial charge < -0.3 is 20.5 Å². The fraction of sp³-hybridized carbons (Fsp3) is 0.909. The van der Waals surface area contributed by atoms with Gasteiger partial charge in [-0.15, -0.1) is 0 Å². The van der Waals surface area contributed by atoms with E-state index < -0.39 is 0 Å². The molecule has 0 bridgehead atoms. The number of amides is 1. The van der Waals surface area contributed by atoms with Crippen LogP contribution in [0.4, 0.5) is 0 Å². The monoisotopic (exact) mass is 243 g/mol. The Labute approximate surface area is 101 Å². The minimum atomic E-state index is -0.357. The first-order valence-corrected chi connectivity index (χ1v) is 6.21. The topological polar surface area (TPSA) is 76.8 Å². The molecule has 2 fully saturated rings. The van der Waals surface area contributed by atoms with E-state index in [4.69, 9.17) is 15.2 Å². The van der Waals surface area contributed by atoms with Gasteiger partial charge in [0.2, 0.25) is 5.91 Å². The molecule has 0 aromatic heterocycles. The molecule has 1 amide bonds. The molecule has 98 valence electrons. The lowest BCUT2D eigenvalue weighted by molar-refractivity contribution is -0.185. The molecule has 2 aliphatic heterocycles. The minimum absolute atomic E-state index is 0.0414. The number of hydrogen-bond acceptors (Lipinski definition) is 5. The molecular formula is C11H21N3O3. The van der Waals surface area contributed by atoms with Crippen LogP contribution in [-0.2, 0) is 14.3 Å². The molecule has 0 aromatic carbocycles. The van der Waals surface area contributed by atoms with Crippen molar-refractivity contribution in [2.24, 2.45) is 5.73 Å². The summed E-state index contributed by atoms with van der Waals surface area (Å²) in [5, 5.41) is 2.77. The van der Waals surface area contributed by atoms with E-state index in [-0.39, 0.29) is 11.7 Å². The third kappa shape index (κ3) is 3.38. The number of piperidine rings is 1. The van der Waals surface area contributed by atoms with E-state index in [1.54, 1.807) is 0 Å². The second-order valence-electron chi connectivity index (χ2n) is 4.52. The number of nitrogens with one attached hydrogen (secondary N) is 1. The Bertz CT molecular complexity index is 257. The van der Waals surface area contributed by atoms with Crippen molar-refractivity contribution in [2.75, 3.05) is 45.9 Å². The van der Waals surface area contributed by atoms with Gasteiger partial charge in [-0.25, -0.2) is 0 Å². The molecule has 0 atom stereocenters. The summed E-state index contributed by atoms with van der Waals surface area (Å²) in [4.78, 5) is 13.6. The largest absolute Gasteiger partial charge is 0.354 e. The van der Waals surface area contributed by atoms with Gasteiger partial charge in [0, 0.05) is 39.0 Å². The first kappa shape index (κ1) is 12.8. The lowest BCUT2D eigenvalue weighted by Crippen LogP contribution is -2.48. The van der Waals surface area contributed by atoms with Crippen LogP contribution in [0, 0.1) is 0 Å². The van der Waals surface area contributed by atoms with Gasteiger partial charge in [0.05, 0.1) is 19.8 Å². The van der Waals surface area contributed by atoms with Crippen molar-refractivity contribution in [3.05, 3.63) is 0 Å². The molecule has 17 heavy (non-hydrogen) atoms. The molecule has 0 aliphatic carbocycles. The van der Waals surface area contributed by atoms with Gasteiger partial charge >= 0.3 is 0 Å². The predicted molar refractivity (Wildman–Crippen MR) is 62.4 cm³/mol. The van der Waals surface area contributed by atoms with Crippen molar-refractivity contribution < 1.29 is 14.3 Å². The molecule has 6 nitrogen and oxygen atoms in total. The van der Waals surface area contributed by atoms with E-state index in [0.29, 0.717) is 32.8 Å². The number of carbonyl (C=O) groups excluding carboxylic acids is 1. The summed E-state index contributed by atoms with van der Waals surface area (Å²) in [5.41, 5.74) is 5.33. The van der Waals surface area contributed by atoms with E-state index in [1.165, 1.54) is 0 Å². The Morgan fingerprint density at radius 3 is 2.53 bits per heavy atom. The number of nitrogens with two attached hydrogens (primary N) is 1. The van der Waals surface area contributed by atoms with Crippen LogP contribution < -0.4 is 11.1 Å². The van der Waals surface area contributed by atoms with Crippen LogP contribution in [0.5, 0.6) is 0 Å². The molecular weight excluding hydrogens is 222 g/mol. The van der Waals surface area contributed by atoms with Crippen LogP contribution in [0.2, 0.25) is 0 Å². The highest BCUT2D eigenvalue weighted by molar-refractivity contribution is 5.78. The zero-order valence-electron chi connectivity index (χ0n) is 10.1. The molecule has 1 spiro atoms. The second-order valence-corrected chi connectivity index (χ2v) is 4.52. The molecule has 0 radical (unpaired) electrons. The second kappa shape index (κ2) is 5.77. The zero-order valence-corrected chi connectivity index (χ0v) is 10.1. The van der Waals surface area contributed by atoms with Crippen molar-refractivity contribution >= 4 is 5.91 Å². The average Bonchev–Trinajstić information content (AvgIpc) is 2.79. The molecule has 2 rings (SSSR count). The maximum atomic E-state index is 11.5. The lowest BCUT2D eigenvalue weighted by Gasteiger charge is -2.37. The van der Waals surface area contributed by atoms with Crippen LogP contribution in [-0.4, -0.2) is 62.5 Å². The SMILES string of the molecule is NCCNC(=O)CN1CCC2(CC1)OCCO2. The Morgan fingerprint density at radius 2 is 1.94 bits per heavy atom. The summed E-state index contributed by atoms with van der Waals surface area (Å²) in [6.45, 7) is 4.54. The van der Waals surface area contributed by atoms with Gasteiger partial charge in [-0.2, -0.15) is 0 Å². The van der Waals surface area contributed by atoms with Gasteiger partial charge in [0.25, 0.3) is 0 Å². The first-order chi connectivity index (χ1) is 8.24. The lowest BCUT2D eigenvalue weighted by atomic mass is 10.0. The highest BCUT2D eigenvalue weighted by atomic mass is 16.7. The first-order valence-electron chi connectivity index (χ1n) is 6.21. The van der Waals surface area contributed by atoms with Crippen molar-refractivity contribution in [2.45, 2.75) is 18.6 Å². The third-order valence-electron chi connectivity index (χ3n) is 3.27. The van der Waals surface area contributed by atoms with Gasteiger partial charge in [-0.3, -0.25) is 9.69 Å². The van der Waals surface area contributed by atoms with Crippen LogP contribution in [0.25, 0.3) is 0 Å². The molecule has 3 N–H and O–H groups in total. The highest BCUT2D eigenvalue weighted by Crippen LogP contribution is 2.30. The summed E-state index contributed by atoms with van der Waals surface area (Å²) < 4.78 is 11.3. The predicted octanol–water partition coefficient (Wildman–Crippen LogP) is -1.10. The van der Waals surface area contributed by atoms with Crippen LogP contribution in [0.15, 0.2) is 0 Å². The summed E-state index contributed by atoms with van der Waals surface area (Å²) in [6, 6.07) is 0. The quantitative estimate of drug-likeness (QED) is 0.655. The normalized spacial score (nSPS) is 24.1. The molecule has 2 aliphatic rings. The molecule has 6 heteroatoms. The van der Waals surface area contributed by atoms with Crippen molar-refractivity contribution in [1.29, 1.82) is 0 Å². The number of ether oxygens (including phenoxy) is 2. The smallest absolute Gasteiger partial charge is 0.234 e. The Balaban J connectivity index is 1.70. The molecule has 0 aromatic rings. The molecule has 0 unspecified atom stereocenters. The van der Waals surface area contributed by atoms with Gasteiger partial charge in [-0.05, 0) is 0 Å². The summed E-state index contributed by atoms with van der Waals surface area (Å²) in [7, 11) is 0. The maximum absolute atomic E-state index is 11.5. The standard InChI is InChI=1S/C11H21N3O3/c12-3-4-13-10(15)9-14-5-1-11(2-6-14)16-7-8-17-11/h1-9,12H2,(H,13,15). The van der Waals surface area contributed by atoms with Crippen molar-refractivity contribution in [1.82, 2.24) is 10.2 Å². The van der Waals surface area contributed by atoms with Crippen LogP contribution in [0.3, 0.4) is 0 Å². The summed E-state index contributed by atoms with van der Waals surface area (Å²) in [6.07, 6.45) is 1.69. The maximum Gasteiger partial charge on any atom is 0.234 e. The zero-order chi connectivity index (χ0) is 12.1. The highest BCUT2D eigenvalue weighted by Gasteiger charge is 2.39. The number of nitrogens with zero attached hydrogens (tertiary/aromatic N) is 1. The van der Waals surface area contributed by atoms with Gasteiger partial charge in [0.1, 0.15) is 0 Å². The van der Waals surface area contributed by atoms with Crippen molar-refractivity contribution in [3.63, 3.8) is 0 Å². The Hall–Kier alpha value is -0.690. The molecule has 0 saturated carbocycles. The summed E-state index contributed by atoms with van der Waals surface area (Å²) >= 11 is 0. The van der Waals surface area contributed by atoms with Gasteiger partial charge in [-0.1, -0.05) is 0 Å². The molecule has 2 saturated heterocycles. The number of likely N-dealkylation sites (tertiary alicyclic amines) is 1. The van der Waals surface area contributed by atoms with Crippen molar-refractivity contribution in [3.8, 4) is 0 Å². The van der Waals surface area contributed by atoms with E-state index in [0.717, 1.165) is 25.9 Å². The van der Waals surface area contributed by atoms with E-state index in [1.807, 2.05) is 0 Å². The van der Waals surface area contributed by atoms with Gasteiger partial charge in [0.15, 0.2) is 5.79 Å². The van der Waals surface area contributed by atoms with Crippen LogP contribution >= 0.6 is 0 Å². The van der Waals surface area contributed by atoms with Crippen LogP contribution in [0.1, 0.15) is 12.8 Å². The van der Waals surface area contributed by atoms with E-state index in [9.17, 15) is 4.79 Å². The average molecular weight is 243 g/mol. The third-order valence-corrected chi connectivity index (χ3v) is 3.27. The fourth-order valence-corrected chi connectivity index (χ4v) is 2.31.